The zero-order valence-electron chi connectivity index (χ0n) is 18.6. The van der Waals surface area contributed by atoms with Crippen molar-refractivity contribution in [2.45, 2.75) is 72.1 Å². The molecule has 7 nitrogen and oxygen atoms in total. The van der Waals surface area contributed by atoms with Crippen molar-refractivity contribution >= 4 is 5.91 Å². The lowest BCUT2D eigenvalue weighted by molar-refractivity contribution is 0.0297. The molecule has 0 aromatic carbocycles. The first-order chi connectivity index (χ1) is 14.0. The highest BCUT2D eigenvalue weighted by atomic mass is 16.5. The van der Waals surface area contributed by atoms with Crippen LogP contribution in [-0.2, 0) is 28.9 Å². The maximum absolute atomic E-state index is 13.2. The summed E-state index contributed by atoms with van der Waals surface area (Å²) < 4.78 is 13.1. The fourth-order valence-electron chi connectivity index (χ4n) is 4.14. The van der Waals surface area contributed by atoms with Crippen molar-refractivity contribution < 1.29 is 14.3 Å². The second-order valence-electron chi connectivity index (χ2n) is 8.92. The molecule has 1 fully saturated rings. The lowest BCUT2D eigenvalue weighted by atomic mass is 9.91. The van der Waals surface area contributed by atoms with Gasteiger partial charge in [-0.2, -0.15) is 5.10 Å². The number of hydrogen-bond acceptors (Lipinski definition) is 5. The quantitative estimate of drug-likeness (QED) is 0.637. The molecular formula is C22H38N4O3. The highest BCUT2D eigenvalue weighted by molar-refractivity contribution is 5.94. The number of rotatable bonds is 9. The molecule has 0 spiro atoms. The Hall–Kier alpha value is -1.44. The Morgan fingerprint density at radius 2 is 2.03 bits per heavy atom. The van der Waals surface area contributed by atoms with Crippen LogP contribution >= 0.6 is 0 Å². The highest BCUT2D eigenvalue weighted by Gasteiger charge is 2.31. The number of carbonyl (C=O) groups is 1. The monoisotopic (exact) mass is 406 g/mol. The Labute approximate surface area is 175 Å². The molecule has 2 aliphatic rings. The van der Waals surface area contributed by atoms with Crippen molar-refractivity contribution in [2.75, 3.05) is 39.5 Å². The van der Waals surface area contributed by atoms with E-state index in [9.17, 15) is 4.79 Å². The van der Waals surface area contributed by atoms with Crippen molar-refractivity contribution in [1.82, 2.24) is 20.0 Å². The zero-order chi connectivity index (χ0) is 20.8. The first kappa shape index (κ1) is 22.2. The Bertz CT molecular complexity index is 665. The molecule has 29 heavy (non-hydrogen) atoms. The second-order valence-corrected chi connectivity index (χ2v) is 8.92. The van der Waals surface area contributed by atoms with Gasteiger partial charge in [-0.25, -0.2) is 0 Å². The molecule has 1 N–H and O–H groups in total. The van der Waals surface area contributed by atoms with Crippen molar-refractivity contribution in [3.8, 4) is 0 Å². The van der Waals surface area contributed by atoms with E-state index in [4.69, 9.17) is 14.6 Å². The number of morpholine rings is 1. The number of carbonyl (C=O) groups excluding carboxylic acids is 1. The smallest absolute Gasteiger partial charge is 0.274 e. The van der Waals surface area contributed by atoms with Gasteiger partial charge in [-0.3, -0.25) is 9.48 Å². The van der Waals surface area contributed by atoms with Gasteiger partial charge in [0, 0.05) is 43.5 Å². The van der Waals surface area contributed by atoms with Crippen molar-refractivity contribution in [2.24, 2.45) is 5.92 Å². The first-order valence-corrected chi connectivity index (χ1v) is 11.3. The summed E-state index contributed by atoms with van der Waals surface area (Å²) in [7, 11) is 0. The summed E-state index contributed by atoms with van der Waals surface area (Å²) in [5.41, 5.74) is 3.08. The summed E-state index contributed by atoms with van der Waals surface area (Å²) in [5, 5.41) is 8.48. The summed E-state index contributed by atoms with van der Waals surface area (Å²) in [5.74, 6) is 0.570. The van der Waals surface area contributed by atoms with Gasteiger partial charge in [0.1, 0.15) is 0 Å². The molecule has 2 heterocycles. The second kappa shape index (κ2) is 10.5. The molecule has 0 saturated carbocycles. The van der Waals surface area contributed by atoms with Gasteiger partial charge in [0.15, 0.2) is 5.69 Å². The molecule has 1 amide bonds. The van der Waals surface area contributed by atoms with E-state index in [1.54, 1.807) is 0 Å². The molecule has 1 atom stereocenters. The van der Waals surface area contributed by atoms with E-state index in [0.717, 1.165) is 50.9 Å². The molecule has 3 rings (SSSR count). The van der Waals surface area contributed by atoms with Gasteiger partial charge in [-0.05, 0) is 52.0 Å². The van der Waals surface area contributed by atoms with Crippen molar-refractivity contribution in [3.05, 3.63) is 17.0 Å². The lowest BCUT2D eigenvalue weighted by Crippen LogP contribution is -2.42. The van der Waals surface area contributed by atoms with E-state index in [2.05, 4.69) is 37.7 Å². The molecule has 0 radical (unpaired) electrons. The van der Waals surface area contributed by atoms with Crippen LogP contribution in [0.25, 0.3) is 0 Å². The minimum atomic E-state index is 0.0676. The number of nitrogens with one attached hydrogen (secondary N) is 1. The Balaban J connectivity index is 1.68. The predicted molar refractivity (Wildman–Crippen MR) is 113 cm³/mol. The van der Waals surface area contributed by atoms with Crippen LogP contribution in [0.5, 0.6) is 0 Å². The van der Waals surface area contributed by atoms with Crippen molar-refractivity contribution in [1.29, 1.82) is 0 Å². The third-order valence-corrected chi connectivity index (χ3v) is 5.59. The molecule has 164 valence electrons. The average molecular weight is 407 g/mol. The molecule has 1 unspecified atom stereocenters. The fourth-order valence-corrected chi connectivity index (χ4v) is 4.14. The number of hydrogen-bond donors (Lipinski definition) is 1. The van der Waals surface area contributed by atoms with Crippen LogP contribution in [0.3, 0.4) is 0 Å². The largest absolute Gasteiger partial charge is 0.379 e. The molecule has 1 aromatic heterocycles. The molecule has 1 aliphatic carbocycles. The topological polar surface area (TPSA) is 68.6 Å². The van der Waals surface area contributed by atoms with E-state index < -0.39 is 0 Å². The summed E-state index contributed by atoms with van der Waals surface area (Å²) >= 11 is 0. The summed E-state index contributed by atoms with van der Waals surface area (Å²) in [4.78, 5) is 15.1. The molecule has 1 saturated heterocycles. The van der Waals surface area contributed by atoms with Crippen LogP contribution in [-0.4, -0.2) is 72.2 Å². The molecule has 1 aliphatic heterocycles. The molecule has 0 bridgehead atoms. The summed E-state index contributed by atoms with van der Waals surface area (Å²) in [6.45, 7) is 13.7. The number of ether oxygens (including phenoxy) is 2. The number of amides is 1. The van der Waals surface area contributed by atoms with Crippen molar-refractivity contribution in [3.63, 3.8) is 0 Å². The third kappa shape index (κ3) is 6.03. The normalized spacial score (nSPS) is 19.8. The fraction of sp³-hybridized carbons (Fsp3) is 0.818. The van der Waals surface area contributed by atoms with Crippen LogP contribution in [0.15, 0.2) is 0 Å². The average Bonchev–Trinajstić information content (AvgIpc) is 3.04. The Morgan fingerprint density at radius 3 is 2.72 bits per heavy atom. The first-order valence-electron chi connectivity index (χ1n) is 11.3. The van der Waals surface area contributed by atoms with E-state index in [1.165, 1.54) is 5.69 Å². The van der Waals surface area contributed by atoms with Gasteiger partial charge in [0.25, 0.3) is 5.91 Å². The van der Waals surface area contributed by atoms with Crippen LogP contribution in [0, 0.1) is 5.92 Å². The Kier molecular flexibility index (Phi) is 8.09. The minimum absolute atomic E-state index is 0.0676. The van der Waals surface area contributed by atoms with Crippen LogP contribution in [0.2, 0.25) is 0 Å². The maximum atomic E-state index is 13.2. The summed E-state index contributed by atoms with van der Waals surface area (Å²) in [6.07, 6.45) is 4.24. The third-order valence-electron chi connectivity index (χ3n) is 5.59. The maximum Gasteiger partial charge on any atom is 0.274 e. The van der Waals surface area contributed by atoms with Crippen LogP contribution < -0.4 is 5.32 Å². The van der Waals surface area contributed by atoms with Gasteiger partial charge in [-0.15, -0.1) is 0 Å². The van der Waals surface area contributed by atoms with Gasteiger partial charge in [0.05, 0.1) is 19.3 Å². The van der Waals surface area contributed by atoms with Gasteiger partial charge in [-0.1, -0.05) is 13.8 Å². The summed E-state index contributed by atoms with van der Waals surface area (Å²) in [6, 6.07) is 0.398. The number of fused-ring (bicyclic) bond motifs is 1. The Morgan fingerprint density at radius 1 is 1.28 bits per heavy atom. The van der Waals surface area contributed by atoms with Crippen LogP contribution in [0.4, 0.5) is 0 Å². The van der Waals surface area contributed by atoms with Gasteiger partial charge in [0.2, 0.25) is 0 Å². The van der Waals surface area contributed by atoms with Gasteiger partial charge < -0.3 is 19.7 Å². The number of nitrogens with zero attached hydrogens (tertiary/aromatic N) is 3. The molecular weight excluding hydrogens is 368 g/mol. The van der Waals surface area contributed by atoms with Crippen LogP contribution in [0.1, 0.15) is 62.3 Å². The lowest BCUT2D eigenvalue weighted by Gasteiger charge is -2.28. The van der Waals surface area contributed by atoms with E-state index in [-0.39, 0.29) is 12.0 Å². The zero-order valence-corrected chi connectivity index (χ0v) is 18.6. The standard InChI is InChI=1S/C22H38N4O3/c1-16(2)15-26-20-7-6-18(23-8-5-11-29-17(3)4)14-19(20)21(24-26)22(27)25-9-12-28-13-10-25/h16-18,23H,5-15H2,1-4H3. The highest BCUT2D eigenvalue weighted by Crippen LogP contribution is 2.27. The van der Waals surface area contributed by atoms with E-state index in [1.807, 2.05) is 4.90 Å². The minimum Gasteiger partial charge on any atom is -0.379 e. The molecule has 7 heteroatoms. The van der Waals surface area contributed by atoms with E-state index >= 15 is 0 Å². The SMILES string of the molecule is CC(C)Cn1nc(C(=O)N2CCOCC2)c2c1CCC(NCCCOC(C)C)C2. The number of aromatic nitrogens is 2. The van der Waals surface area contributed by atoms with E-state index in [0.29, 0.717) is 44.0 Å². The molecule has 1 aromatic rings. The predicted octanol–water partition coefficient (Wildman–Crippen LogP) is 2.27. The van der Waals surface area contributed by atoms with Gasteiger partial charge >= 0.3 is 0 Å².